The fraction of sp³-hybridized carbons (Fsp3) is 1.00. The number of hydrogen-bond donors (Lipinski definition) is 2. The first kappa shape index (κ1) is 18.1. The predicted octanol–water partition coefficient (Wildman–Crippen LogP) is -0.0526. The Morgan fingerprint density at radius 1 is 0.833 bits per heavy atom. The third-order valence-corrected chi connectivity index (χ3v) is 2.24. The minimum absolute atomic E-state index is 0.0410. The van der Waals surface area contributed by atoms with E-state index in [9.17, 15) is 0 Å². The molecule has 0 aliphatic rings. The summed E-state index contributed by atoms with van der Waals surface area (Å²) in [6.07, 6.45) is 0. The monoisotopic (exact) mass is 284 g/mol. The maximum absolute atomic E-state index is 8.45. The number of aliphatic hydroxyl groups excluding tert-OH is 1. The average Bonchev–Trinajstić information content (AvgIpc) is 2.39. The Morgan fingerprint density at radius 2 is 1.28 bits per heavy atom. The van der Waals surface area contributed by atoms with Gasteiger partial charge in [-0.25, -0.2) is 0 Å². The Balaban J connectivity index is 2.94. The molecule has 6 nitrogen and oxygen atoms in total. The number of aliphatic hydroxyl groups is 1. The molecule has 0 heterocycles. The molecule has 0 amide bonds. The maximum Gasteiger partial charge on any atom is 0.123 e. The Kier molecular flexibility index (Phi) is 15.3. The van der Waals surface area contributed by atoms with E-state index in [1.165, 1.54) is 0 Å². The van der Waals surface area contributed by atoms with E-state index in [1.54, 1.807) is 7.11 Å². The van der Waals surface area contributed by atoms with Gasteiger partial charge in [-0.05, 0) is 0 Å². The zero-order valence-corrected chi connectivity index (χ0v) is 11.8. The summed E-state index contributed by atoms with van der Waals surface area (Å²) in [7, 11) is 1.58. The van der Waals surface area contributed by atoms with Gasteiger partial charge in [-0.2, -0.15) is 0 Å². The quantitative estimate of drug-likeness (QED) is 0.265. The summed E-state index contributed by atoms with van der Waals surface area (Å²) in [5.74, 6) is 0. The van der Waals surface area contributed by atoms with Crippen molar-refractivity contribution < 1.29 is 28.8 Å². The molecule has 1 unspecified atom stereocenters. The van der Waals surface area contributed by atoms with Gasteiger partial charge in [-0.1, -0.05) is 0 Å². The second-order valence-electron chi connectivity index (χ2n) is 3.33. The number of thiol groups is 1. The molecule has 0 rings (SSSR count). The molecule has 18 heavy (non-hydrogen) atoms. The molecule has 0 saturated heterocycles. The molecule has 1 atom stereocenters. The van der Waals surface area contributed by atoms with Gasteiger partial charge < -0.3 is 28.8 Å². The van der Waals surface area contributed by atoms with Gasteiger partial charge in [0, 0.05) is 7.11 Å². The summed E-state index contributed by atoms with van der Waals surface area (Å²) in [6, 6.07) is 0. The summed E-state index contributed by atoms with van der Waals surface area (Å²) >= 11 is 4.10. The molecule has 0 aromatic rings. The number of ether oxygens (including phenoxy) is 5. The van der Waals surface area contributed by atoms with Gasteiger partial charge >= 0.3 is 0 Å². The van der Waals surface area contributed by atoms with Gasteiger partial charge in [0.1, 0.15) is 5.44 Å². The van der Waals surface area contributed by atoms with Crippen molar-refractivity contribution in [3.05, 3.63) is 0 Å². The second-order valence-corrected chi connectivity index (χ2v) is 3.90. The first-order chi connectivity index (χ1) is 8.81. The molecular weight excluding hydrogens is 260 g/mol. The molecular formula is C11H24O6S. The van der Waals surface area contributed by atoms with Crippen molar-refractivity contribution in [2.75, 3.05) is 66.6 Å². The highest BCUT2D eigenvalue weighted by Crippen LogP contribution is 1.95. The van der Waals surface area contributed by atoms with Crippen LogP contribution in [0.25, 0.3) is 0 Å². The molecule has 0 fully saturated rings. The molecule has 1 N–H and O–H groups in total. The van der Waals surface area contributed by atoms with Gasteiger partial charge in [0.15, 0.2) is 0 Å². The molecule has 0 spiro atoms. The summed E-state index contributed by atoms with van der Waals surface area (Å²) in [4.78, 5) is 0. The molecule has 0 aromatic carbocycles. The van der Waals surface area contributed by atoms with Gasteiger partial charge in [0.25, 0.3) is 0 Å². The van der Waals surface area contributed by atoms with E-state index >= 15 is 0 Å². The number of rotatable bonds is 14. The van der Waals surface area contributed by atoms with E-state index in [1.807, 2.05) is 0 Å². The minimum atomic E-state index is -0.188. The van der Waals surface area contributed by atoms with Crippen molar-refractivity contribution in [2.24, 2.45) is 0 Å². The molecule has 0 aliphatic heterocycles. The Labute approximate surface area is 114 Å². The smallest absolute Gasteiger partial charge is 0.123 e. The Hall–Kier alpha value is 0.110. The lowest BCUT2D eigenvalue weighted by molar-refractivity contribution is -0.0132. The fourth-order valence-electron chi connectivity index (χ4n) is 0.976. The summed E-state index contributed by atoms with van der Waals surface area (Å²) in [5, 5.41) is 8.45. The third kappa shape index (κ3) is 14.2. The molecule has 110 valence electrons. The van der Waals surface area contributed by atoms with Crippen molar-refractivity contribution in [3.63, 3.8) is 0 Å². The Bertz CT molecular complexity index is 160. The minimum Gasteiger partial charge on any atom is -0.394 e. The lowest BCUT2D eigenvalue weighted by atomic mass is 10.7. The normalized spacial score (nSPS) is 12.8. The highest BCUT2D eigenvalue weighted by atomic mass is 32.1. The zero-order valence-electron chi connectivity index (χ0n) is 10.9. The van der Waals surface area contributed by atoms with Crippen LogP contribution in [-0.4, -0.2) is 77.1 Å². The van der Waals surface area contributed by atoms with Crippen LogP contribution in [0, 0.1) is 0 Å². The van der Waals surface area contributed by atoms with Crippen LogP contribution in [-0.2, 0) is 23.7 Å². The van der Waals surface area contributed by atoms with Crippen LogP contribution in [0.2, 0.25) is 0 Å². The van der Waals surface area contributed by atoms with Crippen molar-refractivity contribution >= 4 is 12.6 Å². The molecule has 0 saturated carbocycles. The molecule has 0 radical (unpaired) electrons. The van der Waals surface area contributed by atoms with Gasteiger partial charge in [0.05, 0.1) is 59.5 Å². The lowest BCUT2D eigenvalue weighted by Crippen LogP contribution is -2.15. The Morgan fingerprint density at radius 3 is 1.72 bits per heavy atom. The van der Waals surface area contributed by atoms with Crippen molar-refractivity contribution in [3.8, 4) is 0 Å². The maximum atomic E-state index is 8.45. The SMILES string of the molecule is COC(S)COCCOCCOCCOCCO. The van der Waals surface area contributed by atoms with Crippen LogP contribution in [0.3, 0.4) is 0 Å². The van der Waals surface area contributed by atoms with Crippen molar-refractivity contribution in [1.29, 1.82) is 0 Å². The summed E-state index contributed by atoms with van der Waals surface area (Å²) < 4.78 is 25.7. The van der Waals surface area contributed by atoms with Gasteiger partial charge in [-0.15, -0.1) is 12.6 Å². The zero-order chi connectivity index (χ0) is 13.5. The predicted molar refractivity (Wildman–Crippen MR) is 70.1 cm³/mol. The van der Waals surface area contributed by atoms with Crippen LogP contribution in [0.15, 0.2) is 0 Å². The largest absolute Gasteiger partial charge is 0.394 e. The fourth-order valence-corrected chi connectivity index (χ4v) is 1.08. The van der Waals surface area contributed by atoms with Crippen LogP contribution in [0.1, 0.15) is 0 Å². The highest BCUT2D eigenvalue weighted by molar-refractivity contribution is 7.80. The average molecular weight is 284 g/mol. The number of hydrogen-bond acceptors (Lipinski definition) is 7. The van der Waals surface area contributed by atoms with Crippen LogP contribution >= 0.6 is 12.6 Å². The van der Waals surface area contributed by atoms with E-state index in [0.717, 1.165) is 0 Å². The van der Waals surface area contributed by atoms with E-state index in [0.29, 0.717) is 52.9 Å². The molecule has 0 aromatic heterocycles. The standard InChI is InChI=1S/C11H24O6S/c1-13-11(18)10-17-9-8-16-7-6-15-5-4-14-3-2-12/h11-12,18H,2-10H2,1H3. The first-order valence-electron chi connectivity index (χ1n) is 5.94. The van der Waals surface area contributed by atoms with E-state index in [4.69, 9.17) is 28.8 Å². The van der Waals surface area contributed by atoms with E-state index < -0.39 is 0 Å². The van der Waals surface area contributed by atoms with Crippen LogP contribution in [0.4, 0.5) is 0 Å². The topological polar surface area (TPSA) is 66.4 Å². The molecule has 0 bridgehead atoms. The molecule has 7 heteroatoms. The third-order valence-electron chi connectivity index (χ3n) is 1.88. The van der Waals surface area contributed by atoms with Crippen LogP contribution in [0.5, 0.6) is 0 Å². The number of methoxy groups -OCH3 is 1. The van der Waals surface area contributed by atoms with Gasteiger partial charge in [-0.3, -0.25) is 0 Å². The summed E-state index contributed by atoms with van der Waals surface area (Å²) in [6.45, 7) is 3.92. The van der Waals surface area contributed by atoms with Crippen molar-refractivity contribution in [1.82, 2.24) is 0 Å². The summed E-state index contributed by atoms with van der Waals surface area (Å²) in [5.41, 5.74) is -0.188. The first-order valence-corrected chi connectivity index (χ1v) is 6.45. The van der Waals surface area contributed by atoms with Gasteiger partial charge in [0.2, 0.25) is 0 Å². The van der Waals surface area contributed by atoms with E-state index in [-0.39, 0.29) is 12.0 Å². The molecule has 0 aliphatic carbocycles. The van der Waals surface area contributed by atoms with E-state index in [2.05, 4.69) is 12.6 Å². The lowest BCUT2D eigenvalue weighted by Gasteiger charge is -2.09. The van der Waals surface area contributed by atoms with Crippen molar-refractivity contribution in [2.45, 2.75) is 5.44 Å². The highest BCUT2D eigenvalue weighted by Gasteiger charge is 1.99. The van der Waals surface area contributed by atoms with Crippen LogP contribution < -0.4 is 0 Å². The second kappa shape index (κ2) is 15.2.